The maximum atomic E-state index is 5.40. The first-order valence-corrected chi connectivity index (χ1v) is 9.05. The number of benzene rings is 1. The van der Waals surface area contributed by atoms with Crippen molar-refractivity contribution in [1.82, 2.24) is 10.6 Å². The number of guanidine groups is 1. The van der Waals surface area contributed by atoms with Crippen LogP contribution in [0.25, 0.3) is 0 Å². The topological polar surface area (TPSA) is 77.3 Å². The van der Waals surface area contributed by atoms with Crippen molar-refractivity contribution in [2.24, 2.45) is 4.99 Å². The summed E-state index contributed by atoms with van der Waals surface area (Å²) in [6.45, 7) is 7.68. The Hall–Kier alpha value is -3.09. The minimum atomic E-state index is 0.447. The summed E-state index contributed by atoms with van der Waals surface area (Å²) in [4.78, 5) is 4.66. The molecule has 0 saturated heterocycles. The standard InChI is InChI=1S/C21H29N3O4/c1-15(2)13-23-21(22-9-8-17-7-6-10-28-17)24-14-16-11-18(25-3)20(27-5)19(12-16)26-4/h6-7,10-12H,1,8-9,13-14H2,2-5H3,(H2,22,23,24). The molecule has 2 N–H and O–H groups in total. The monoisotopic (exact) mass is 387 g/mol. The second-order valence-corrected chi connectivity index (χ2v) is 6.27. The van der Waals surface area contributed by atoms with Crippen molar-refractivity contribution >= 4 is 5.96 Å². The molecule has 7 nitrogen and oxygen atoms in total. The molecule has 7 heteroatoms. The summed E-state index contributed by atoms with van der Waals surface area (Å²) in [5.74, 6) is 3.40. The lowest BCUT2D eigenvalue weighted by Crippen LogP contribution is -2.39. The highest BCUT2D eigenvalue weighted by Crippen LogP contribution is 2.38. The number of rotatable bonds is 10. The van der Waals surface area contributed by atoms with E-state index in [1.54, 1.807) is 27.6 Å². The Morgan fingerprint density at radius 1 is 1.11 bits per heavy atom. The molecule has 2 rings (SSSR count). The van der Waals surface area contributed by atoms with Crippen LogP contribution in [0.3, 0.4) is 0 Å². The van der Waals surface area contributed by atoms with E-state index in [4.69, 9.17) is 18.6 Å². The van der Waals surface area contributed by atoms with Gasteiger partial charge in [0.2, 0.25) is 5.75 Å². The van der Waals surface area contributed by atoms with Crippen LogP contribution in [-0.2, 0) is 13.0 Å². The van der Waals surface area contributed by atoms with E-state index in [2.05, 4.69) is 22.2 Å². The molecular formula is C21H29N3O4. The minimum Gasteiger partial charge on any atom is -0.493 e. The molecule has 1 aromatic heterocycles. The Balaban J connectivity index is 2.10. The smallest absolute Gasteiger partial charge is 0.203 e. The van der Waals surface area contributed by atoms with Crippen molar-refractivity contribution in [2.45, 2.75) is 19.9 Å². The predicted octanol–water partition coefficient (Wildman–Crippen LogP) is 3.16. The van der Waals surface area contributed by atoms with E-state index in [9.17, 15) is 0 Å². The number of ether oxygens (including phenoxy) is 3. The third-order valence-electron chi connectivity index (χ3n) is 3.95. The lowest BCUT2D eigenvalue weighted by atomic mass is 10.2. The van der Waals surface area contributed by atoms with Gasteiger partial charge in [0, 0.05) is 19.5 Å². The van der Waals surface area contributed by atoms with Gasteiger partial charge in [-0.15, -0.1) is 0 Å². The zero-order valence-electron chi connectivity index (χ0n) is 17.0. The van der Waals surface area contributed by atoms with Gasteiger partial charge in [0.15, 0.2) is 17.5 Å². The molecule has 152 valence electrons. The average molecular weight is 387 g/mol. The van der Waals surface area contributed by atoms with E-state index in [0.717, 1.165) is 23.3 Å². The van der Waals surface area contributed by atoms with Crippen molar-refractivity contribution in [3.8, 4) is 17.2 Å². The zero-order valence-corrected chi connectivity index (χ0v) is 17.0. The fourth-order valence-electron chi connectivity index (χ4n) is 2.56. The lowest BCUT2D eigenvalue weighted by Gasteiger charge is -2.15. The van der Waals surface area contributed by atoms with Gasteiger partial charge in [-0.2, -0.15) is 0 Å². The average Bonchev–Trinajstić information content (AvgIpc) is 3.21. The lowest BCUT2D eigenvalue weighted by molar-refractivity contribution is 0.324. The highest BCUT2D eigenvalue weighted by molar-refractivity contribution is 5.80. The van der Waals surface area contributed by atoms with Gasteiger partial charge in [0.25, 0.3) is 0 Å². The molecule has 0 radical (unpaired) electrons. The molecule has 0 unspecified atom stereocenters. The molecule has 0 amide bonds. The van der Waals surface area contributed by atoms with Gasteiger partial charge in [-0.25, -0.2) is 4.99 Å². The van der Waals surface area contributed by atoms with Crippen LogP contribution in [0.5, 0.6) is 17.2 Å². The highest BCUT2D eigenvalue weighted by Gasteiger charge is 2.13. The van der Waals surface area contributed by atoms with Crippen LogP contribution >= 0.6 is 0 Å². The summed E-state index contributed by atoms with van der Waals surface area (Å²) in [5.41, 5.74) is 1.96. The second-order valence-electron chi connectivity index (χ2n) is 6.27. The van der Waals surface area contributed by atoms with E-state index in [1.807, 2.05) is 31.2 Å². The van der Waals surface area contributed by atoms with E-state index in [-0.39, 0.29) is 0 Å². The molecule has 0 aliphatic rings. The molecule has 0 fully saturated rings. The molecule has 28 heavy (non-hydrogen) atoms. The van der Waals surface area contributed by atoms with Gasteiger partial charge < -0.3 is 29.3 Å². The van der Waals surface area contributed by atoms with Crippen molar-refractivity contribution in [1.29, 1.82) is 0 Å². The number of hydrogen-bond acceptors (Lipinski definition) is 5. The molecule has 0 spiro atoms. The number of hydrogen-bond donors (Lipinski definition) is 2. The molecule has 0 bridgehead atoms. The maximum absolute atomic E-state index is 5.40. The zero-order chi connectivity index (χ0) is 20.4. The fraction of sp³-hybridized carbons (Fsp3) is 0.381. The highest BCUT2D eigenvalue weighted by atomic mass is 16.5. The first-order chi connectivity index (χ1) is 13.6. The Morgan fingerprint density at radius 2 is 1.82 bits per heavy atom. The van der Waals surface area contributed by atoms with Crippen molar-refractivity contribution in [3.63, 3.8) is 0 Å². The molecule has 0 aliphatic heterocycles. The predicted molar refractivity (Wildman–Crippen MR) is 110 cm³/mol. The van der Waals surface area contributed by atoms with Crippen LogP contribution in [-0.4, -0.2) is 40.4 Å². The van der Waals surface area contributed by atoms with Crippen LogP contribution in [0.4, 0.5) is 0 Å². The maximum Gasteiger partial charge on any atom is 0.203 e. The fourth-order valence-corrected chi connectivity index (χ4v) is 2.56. The first kappa shape index (κ1) is 21.2. The Bertz CT molecular complexity index is 760. The largest absolute Gasteiger partial charge is 0.493 e. The Kier molecular flexibility index (Phi) is 8.27. The summed E-state index contributed by atoms with van der Waals surface area (Å²) in [5, 5.41) is 6.58. The molecule has 0 aliphatic carbocycles. The van der Waals surface area contributed by atoms with Gasteiger partial charge in [0.1, 0.15) is 5.76 Å². The molecule has 0 atom stereocenters. The Labute approximate surface area is 166 Å². The normalized spacial score (nSPS) is 11.1. The van der Waals surface area contributed by atoms with Crippen LogP contribution in [0.15, 0.2) is 52.1 Å². The summed E-state index contributed by atoms with van der Waals surface area (Å²) < 4.78 is 21.5. The van der Waals surface area contributed by atoms with E-state index < -0.39 is 0 Å². The van der Waals surface area contributed by atoms with Crippen molar-refractivity contribution in [2.75, 3.05) is 34.4 Å². The quantitative estimate of drug-likeness (QED) is 0.370. The van der Waals surface area contributed by atoms with Crippen LogP contribution in [0, 0.1) is 0 Å². The third kappa shape index (κ3) is 6.26. The number of furan rings is 1. The first-order valence-electron chi connectivity index (χ1n) is 9.05. The number of nitrogens with zero attached hydrogens (tertiary/aromatic N) is 1. The summed E-state index contributed by atoms with van der Waals surface area (Å²) in [7, 11) is 4.78. The van der Waals surface area contributed by atoms with Gasteiger partial charge in [-0.3, -0.25) is 0 Å². The van der Waals surface area contributed by atoms with Crippen LogP contribution < -0.4 is 24.8 Å². The van der Waals surface area contributed by atoms with Gasteiger partial charge in [0.05, 0.1) is 34.1 Å². The molecular weight excluding hydrogens is 358 g/mol. The van der Waals surface area contributed by atoms with Crippen LogP contribution in [0.1, 0.15) is 18.2 Å². The Morgan fingerprint density at radius 3 is 2.36 bits per heavy atom. The number of methoxy groups -OCH3 is 3. The summed E-state index contributed by atoms with van der Waals surface area (Å²) in [6.07, 6.45) is 2.44. The molecule has 0 saturated carbocycles. The van der Waals surface area contributed by atoms with Gasteiger partial charge in [-0.1, -0.05) is 12.2 Å². The van der Waals surface area contributed by atoms with E-state index in [1.165, 1.54) is 0 Å². The number of nitrogens with one attached hydrogen (secondary N) is 2. The van der Waals surface area contributed by atoms with Crippen molar-refractivity contribution in [3.05, 3.63) is 54.0 Å². The summed E-state index contributed by atoms with van der Waals surface area (Å²) >= 11 is 0. The molecule has 2 aromatic rings. The minimum absolute atomic E-state index is 0.447. The second kappa shape index (κ2) is 10.9. The van der Waals surface area contributed by atoms with Gasteiger partial charge in [-0.05, 0) is 36.8 Å². The SMILES string of the molecule is C=C(C)CNC(=NCc1cc(OC)c(OC)c(OC)c1)NCCc1ccco1. The molecule has 1 aromatic carbocycles. The van der Waals surface area contributed by atoms with Crippen LogP contribution in [0.2, 0.25) is 0 Å². The van der Waals surface area contributed by atoms with Crippen molar-refractivity contribution < 1.29 is 18.6 Å². The molecule has 1 heterocycles. The summed E-state index contributed by atoms with van der Waals surface area (Å²) in [6, 6.07) is 7.62. The number of aliphatic imine (C=N–C) groups is 1. The van der Waals surface area contributed by atoms with Gasteiger partial charge >= 0.3 is 0 Å². The third-order valence-corrected chi connectivity index (χ3v) is 3.95. The van der Waals surface area contributed by atoms with E-state index >= 15 is 0 Å². The van der Waals surface area contributed by atoms with E-state index in [0.29, 0.717) is 42.8 Å².